The van der Waals surface area contributed by atoms with E-state index in [-0.39, 0.29) is 49.5 Å². The van der Waals surface area contributed by atoms with Crippen molar-refractivity contribution in [2.75, 3.05) is 80.0 Å². The second-order valence-electron chi connectivity index (χ2n) is 16.9. The minimum atomic E-state index is -0.285. The lowest BCUT2D eigenvalue weighted by Gasteiger charge is -2.26. The van der Waals surface area contributed by atoms with E-state index in [1.54, 1.807) is 48.3 Å². The smallest absolute Gasteiger partial charge is 0.305 e. The number of methoxy groups -OCH3 is 3. The Labute approximate surface area is 415 Å². The van der Waals surface area contributed by atoms with Crippen molar-refractivity contribution >= 4 is 81.2 Å². The molecule has 5 aromatic rings. The van der Waals surface area contributed by atoms with Gasteiger partial charge in [-0.15, -0.1) is 0 Å². The maximum absolute atomic E-state index is 14.1. The van der Waals surface area contributed by atoms with Gasteiger partial charge in [-0.3, -0.25) is 34.2 Å². The molecule has 0 fully saturated rings. The number of para-hydroxylation sites is 2. The van der Waals surface area contributed by atoms with Crippen molar-refractivity contribution in [2.24, 2.45) is 9.98 Å². The zero-order chi connectivity index (χ0) is 47.9. The Morgan fingerprint density at radius 1 is 0.652 bits per heavy atom. The molecule has 69 heavy (non-hydrogen) atoms. The van der Waals surface area contributed by atoms with E-state index in [0.717, 1.165) is 43.7 Å². The molecule has 4 heterocycles. The highest BCUT2D eigenvalue weighted by molar-refractivity contribution is 14.1. The second kappa shape index (κ2) is 21.9. The van der Waals surface area contributed by atoms with Crippen LogP contribution in [-0.2, 0) is 45.1 Å². The van der Waals surface area contributed by atoms with Crippen molar-refractivity contribution in [3.63, 3.8) is 0 Å². The Hall–Kier alpha value is -6.50. The van der Waals surface area contributed by atoms with Gasteiger partial charge in [0.1, 0.15) is 13.2 Å². The molecule has 4 aliphatic heterocycles. The lowest BCUT2D eigenvalue weighted by atomic mass is 10.1. The number of alkyl halides is 1. The predicted molar refractivity (Wildman–Crippen MR) is 273 cm³/mol. The van der Waals surface area contributed by atoms with Crippen molar-refractivity contribution in [3.05, 3.63) is 124 Å². The van der Waals surface area contributed by atoms with Gasteiger partial charge in [-0.1, -0.05) is 59.0 Å². The molecule has 15 nitrogen and oxygen atoms in total. The van der Waals surface area contributed by atoms with E-state index >= 15 is 0 Å². The first-order valence-electron chi connectivity index (χ1n) is 23.0. The standard InChI is InChI=1S/C53H54IN5O10/c1-63-47-26-41-43(55-30-39-24-36-9-4-6-11-45(36)58(39)52(41)61)28-49(47)68-32-34-21-35(23-38(22-34)57(15-8-13-51(60)65-3)16-18-67-20-19-66-17-14-54)33-69-50-29-44-42(27-48(50)64-2)53(62)59-40(31-56-44)25-37-10-5-7-12-46(37)59/h4-7,9-12,21-23,26-31,39-40H,8,13-20,24-25,32-33H2,1-3H3/t39-,40-/m0/s1. The number of hydrogen-bond donors (Lipinski definition) is 0. The van der Waals surface area contributed by atoms with Crippen molar-refractivity contribution in [2.45, 2.75) is 51.0 Å². The lowest BCUT2D eigenvalue weighted by molar-refractivity contribution is -0.140. The highest BCUT2D eigenvalue weighted by Crippen LogP contribution is 2.43. The van der Waals surface area contributed by atoms with Crippen LogP contribution >= 0.6 is 22.6 Å². The third-order valence-electron chi connectivity index (χ3n) is 12.6. The molecular formula is C53H54IN5O10. The fourth-order valence-electron chi connectivity index (χ4n) is 9.23. The van der Waals surface area contributed by atoms with Gasteiger partial charge in [-0.25, -0.2) is 0 Å². The summed E-state index contributed by atoms with van der Waals surface area (Å²) in [7, 11) is 4.49. The number of hydrogen-bond acceptors (Lipinski definition) is 13. The molecule has 0 spiro atoms. The van der Waals surface area contributed by atoms with Crippen LogP contribution in [0.15, 0.2) is 101 Å². The first-order valence-corrected chi connectivity index (χ1v) is 24.6. The third-order valence-corrected chi connectivity index (χ3v) is 13.0. The van der Waals surface area contributed by atoms with Gasteiger partial charge in [0, 0.05) is 78.4 Å². The molecule has 0 saturated carbocycles. The molecule has 0 saturated heterocycles. The van der Waals surface area contributed by atoms with Gasteiger partial charge in [0.2, 0.25) is 0 Å². The zero-order valence-electron chi connectivity index (χ0n) is 38.9. The number of benzene rings is 5. The fraction of sp³-hybridized carbons (Fsp3) is 0.340. The van der Waals surface area contributed by atoms with E-state index in [1.807, 2.05) is 79.2 Å². The average molecular weight is 1050 g/mol. The molecule has 0 radical (unpaired) electrons. The van der Waals surface area contributed by atoms with E-state index in [0.29, 0.717) is 104 Å². The van der Waals surface area contributed by atoms with Gasteiger partial charge in [0.05, 0.1) is 82.3 Å². The van der Waals surface area contributed by atoms with Gasteiger partial charge in [0.15, 0.2) is 23.0 Å². The quantitative estimate of drug-likeness (QED) is 0.0301. The maximum Gasteiger partial charge on any atom is 0.305 e. The molecule has 16 heteroatoms. The second-order valence-corrected chi connectivity index (χ2v) is 18.0. The third kappa shape index (κ3) is 10.4. The van der Waals surface area contributed by atoms with Crippen molar-refractivity contribution < 1.29 is 47.5 Å². The van der Waals surface area contributed by atoms with Crippen molar-refractivity contribution in [3.8, 4) is 23.0 Å². The van der Waals surface area contributed by atoms with Gasteiger partial charge < -0.3 is 38.1 Å². The Morgan fingerprint density at radius 3 is 1.68 bits per heavy atom. The zero-order valence-corrected chi connectivity index (χ0v) is 41.0. The number of carbonyl (C=O) groups is 3. The lowest BCUT2D eigenvalue weighted by Crippen LogP contribution is -2.37. The minimum Gasteiger partial charge on any atom is -0.493 e. The molecule has 0 N–H and O–H groups in total. The normalized spacial score (nSPS) is 16.1. The van der Waals surface area contributed by atoms with Crippen LogP contribution < -0.4 is 33.6 Å². The highest BCUT2D eigenvalue weighted by atomic mass is 127. The summed E-state index contributed by atoms with van der Waals surface area (Å²) in [5.41, 5.74) is 8.29. The topological polar surface area (TPSA) is 150 Å². The number of anilines is 3. The molecule has 4 aliphatic rings. The molecule has 2 amide bonds. The summed E-state index contributed by atoms with van der Waals surface area (Å²) in [5, 5.41) is 0. The van der Waals surface area contributed by atoms with E-state index in [9.17, 15) is 14.4 Å². The molecule has 0 aliphatic carbocycles. The Morgan fingerprint density at radius 2 is 1.17 bits per heavy atom. The van der Waals surface area contributed by atoms with E-state index in [4.69, 9.17) is 43.1 Å². The first-order chi connectivity index (χ1) is 33.8. The molecule has 0 bridgehead atoms. The number of esters is 1. The monoisotopic (exact) mass is 1050 g/mol. The molecule has 2 atom stereocenters. The van der Waals surface area contributed by atoms with Crippen LogP contribution in [0.5, 0.6) is 23.0 Å². The summed E-state index contributed by atoms with van der Waals surface area (Å²) in [4.78, 5) is 55.8. The summed E-state index contributed by atoms with van der Waals surface area (Å²) in [6.07, 6.45) is 5.82. The summed E-state index contributed by atoms with van der Waals surface area (Å²) in [6.45, 7) is 3.34. The van der Waals surface area contributed by atoms with Crippen molar-refractivity contribution in [1.82, 2.24) is 0 Å². The van der Waals surface area contributed by atoms with Gasteiger partial charge in [0.25, 0.3) is 11.8 Å². The molecular weight excluding hydrogens is 994 g/mol. The highest BCUT2D eigenvalue weighted by Gasteiger charge is 2.38. The number of rotatable bonds is 21. The largest absolute Gasteiger partial charge is 0.493 e. The van der Waals surface area contributed by atoms with Crippen LogP contribution in [-0.4, -0.2) is 108 Å². The summed E-state index contributed by atoms with van der Waals surface area (Å²) >= 11 is 2.28. The number of carbonyl (C=O) groups excluding carboxylic acids is 3. The van der Waals surface area contributed by atoms with E-state index < -0.39 is 0 Å². The van der Waals surface area contributed by atoms with Gasteiger partial charge in [-0.2, -0.15) is 0 Å². The summed E-state index contributed by atoms with van der Waals surface area (Å²) in [5.74, 6) is 1.05. The number of halogens is 1. The van der Waals surface area contributed by atoms with Crippen molar-refractivity contribution in [1.29, 1.82) is 0 Å². The van der Waals surface area contributed by atoms with Crippen LogP contribution in [0.3, 0.4) is 0 Å². The number of aliphatic imine (C=N–C) groups is 2. The Balaban J connectivity index is 0.997. The molecule has 0 unspecified atom stereocenters. The number of nitrogens with zero attached hydrogens (tertiary/aromatic N) is 5. The average Bonchev–Trinajstić information content (AvgIpc) is 3.87. The van der Waals surface area contributed by atoms with Crippen LogP contribution in [0.4, 0.5) is 28.4 Å². The molecule has 5 aromatic carbocycles. The Bertz CT molecular complexity index is 2620. The van der Waals surface area contributed by atoms with E-state index in [2.05, 4.69) is 27.5 Å². The van der Waals surface area contributed by atoms with E-state index in [1.165, 1.54) is 7.11 Å². The predicted octanol–water partition coefficient (Wildman–Crippen LogP) is 8.66. The van der Waals surface area contributed by atoms with Crippen LogP contribution in [0.1, 0.15) is 55.8 Å². The minimum absolute atomic E-state index is 0.121. The Kier molecular flexibility index (Phi) is 15.1. The van der Waals surface area contributed by atoms with Crippen LogP contribution in [0.2, 0.25) is 0 Å². The van der Waals surface area contributed by atoms with Gasteiger partial charge >= 0.3 is 5.97 Å². The van der Waals surface area contributed by atoms with Crippen LogP contribution in [0, 0.1) is 0 Å². The summed E-state index contributed by atoms with van der Waals surface area (Å²) in [6, 6.07) is 28.5. The first kappa shape index (κ1) is 47.6. The molecule has 9 rings (SSSR count). The number of fused-ring (bicyclic) bond motifs is 8. The fourth-order valence-corrected chi connectivity index (χ4v) is 9.54. The van der Waals surface area contributed by atoms with Crippen LogP contribution in [0.25, 0.3) is 0 Å². The summed E-state index contributed by atoms with van der Waals surface area (Å²) < 4.78 is 42.2. The maximum atomic E-state index is 14.1. The number of ether oxygens (including phenoxy) is 7. The van der Waals surface area contributed by atoms with Gasteiger partial charge in [-0.05, 0) is 71.1 Å². The molecule has 0 aromatic heterocycles. The number of amides is 2. The molecule has 358 valence electrons. The SMILES string of the molecule is COC(=O)CCCN(CCOCCOCCI)c1cc(COc2cc3c(cc2OC)C(=O)N2c4ccccc4C[C@H]2C=N3)cc(COc2cc3c(cc2OC)C(=O)N2c4ccccc4C[C@H]2C=N3)c1.